The summed E-state index contributed by atoms with van der Waals surface area (Å²) in [7, 11) is 0. The molecule has 2 aromatic carbocycles. The van der Waals surface area contributed by atoms with Gasteiger partial charge in [-0.05, 0) is 35.1 Å². The Morgan fingerprint density at radius 2 is 1.57 bits per heavy atom. The summed E-state index contributed by atoms with van der Waals surface area (Å²) >= 11 is 0. The minimum absolute atomic E-state index is 0.0804. The average Bonchev–Trinajstić information content (AvgIpc) is 3.00. The second-order valence-corrected chi connectivity index (χ2v) is 6.92. The minimum Gasteiger partial charge on any atom is -0.480 e. The second-order valence-electron chi connectivity index (χ2n) is 6.92. The van der Waals surface area contributed by atoms with Crippen molar-refractivity contribution in [3.8, 4) is 11.1 Å². The maximum absolute atomic E-state index is 13.1. The largest absolute Gasteiger partial charge is 0.480 e. The van der Waals surface area contributed by atoms with E-state index in [-0.39, 0.29) is 18.9 Å². The van der Waals surface area contributed by atoms with E-state index in [1.54, 1.807) is 13.8 Å². The van der Waals surface area contributed by atoms with Crippen LogP contribution in [0.15, 0.2) is 48.5 Å². The van der Waals surface area contributed by atoms with Gasteiger partial charge in [0.1, 0.15) is 6.04 Å². The fourth-order valence-corrected chi connectivity index (χ4v) is 3.72. The molecule has 0 radical (unpaired) electrons. The molecule has 1 aliphatic rings. The van der Waals surface area contributed by atoms with Gasteiger partial charge in [-0.1, -0.05) is 55.5 Å². The number of amides is 1. The van der Waals surface area contributed by atoms with Crippen molar-refractivity contribution >= 4 is 17.8 Å². The topological polar surface area (TPSA) is 92.7 Å². The lowest BCUT2D eigenvalue weighted by molar-refractivity contribution is -0.147. The first-order valence-electron chi connectivity index (χ1n) is 9.31. The van der Waals surface area contributed by atoms with Gasteiger partial charge in [-0.15, -0.1) is 0 Å². The number of ether oxygens (including phenoxy) is 1. The molecule has 0 heterocycles. The highest BCUT2D eigenvalue weighted by atomic mass is 16.5. The van der Waals surface area contributed by atoms with Crippen molar-refractivity contribution < 1.29 is 24.2 Å². The number of benzene rings is 2. The standard InChI is InChI=1S/C22H23NO5/c1-3-28-18(24)12-13(2)20(22(26)27)23-21(25)19-16-10-6-4-8-14(16)15-9-5-7-11-17(15)19/h4-11,13,19-20H,3,12H2,1-2H3,(H,23,25)(H,26,27)/t13-,20-/m1/s1. The summed E-state index contributed by atoms with van der Waals surface area (Å²) in [6.45, 7) is 3.53. The normalized spacial score (nSPS) is 14.5. The van der Waals surface area contributed by atoms with E-state index >= 15 is 0 Å². The predicted octanol–water partition coefficient (Wildman–Crippen LogP) is 2.96. The number of hydrogen-bond donors (Lipinski definition) is 2. The molecule has 28 heavy (non-hydrogen) atoms. The molecule has 1 aliphatic carbocycles. The van der Waals surface area contributed by atoms with Crippen molar-refractivity contribution in [2.75, 3.05) is 6.61 Å². The highest BCUT2D eigenvalue weighted by Crippen LogP contribution is 2.44. The van der Waals surface area contributed by atoms with Crippen LogP contribution < -0.4 is 5.32 Å². The zero-order chi connectivity index (χ0) is 20.3. The van der Waals surface area contributed by atoms with Crippen LogP contribution in [-0.4, -0.2) is 35.6 Å². The van der Waals surface area contributed by atoms with Crippen LogP contribution in [0.5, 0.6) is 0 Å². The third-order valence-corrected chi connectivity index (χ3v) is 5.02. The molecule has 0 unspecified atom stereocenters. The van der Waals surface area contributed by atoms with Crippen molar-refractivity contribution in [3.63, 3.8) is 0 Å². The van der Waals surface area contributed by atoms with E-state index < -0.39 is 29.8 Å². The van der Waals surface area contributed by atoms with Gasteiger partial charge in [-0.25, -0.2) is 4.79 Å². The number of fused-ring (bicyclic) bond motifs is 3. The molecular weight excluding hydrogens is 358 g/mol. The molecule has 146 valence electrons. The van der Waals surface area contributed by atoms with E-state index in [1.807, 2.05) is 48.5 Å². The third-order valence-electron chi connectivity index (χ3n) is 5.02. The van der Waals surface area contributed by atoms with Crippen LogP contribution in [0.4, 0.5) is 0 Å². The number of carboxylic acid groups (broad SMARTS) is 1. The summed E-state index contributed by atoms with van der Waals surface area (Å²) in [6.07, 6.45) is -0.0804. The molecule has 1 amide bonds. The zero-order valence-electron chi connectivity index (χ0n) is 15.8. The van der Waals surface area contributed by atoms with E-state index in [0.717, 1.165) is 22.3 Å². The molecule has 6 nitrogen and oxygen atoms in total. The van der Waals surface area contributed by atoms with Crippen molar-refractivity contribution in [1.29, 1.82) is 0 Å². The lowest BCUT2D eigenvalue weighted by atomic mass is 9.93. The molecule has 0 aromatic heterocycles. The molecule has 2 atom stereocenters. The molecule has 2 aromatic rings. The number of carbonyl (C=O) groups is 3. The minimum atomic E-state index is -1.18. The Kier molecular flexibility index (Phi) is 5.78. The van der Waals surface area contributed by atoms with Gasteiger partial charge in [-0.3, -0.25) is 9.59 Å². The van der Waals surface area contributed by atoms with Gasteiger partial charge in [0.2, 0.25) is 5.91 Å². The number of carboxylic acids is 1. The fraction of sp³-hybridized carbons (Fsp3) is 0.318. The zero-order valence-corrected chi connectivity index (χ0v) is 15.8. The summed E-state index contributed by atoms with van der Waals surface area (Å²) in [4.78, 5) is 36.6. The third kappa shape index (κ3) is 3.76. The Hall–Kier alpha value is -3.15. The number of esters is 1. The summed E-state index contributed by atoms with van der Waals surface area (Å²) in [5.41, 5.74) is 3.65. The number of hydrogen-bond acceptors (Lipinski definition) is 4. The number of carbonyl (C=O) groups excluding carboxylic acids is 2. The van der Waals surface area contributed by atoms with E-state index in [4.69, 9.17) is 4.74 Å². The Labute approximate surface area is 163 Å². The van der Waals surface area contributed by atoms with Crippen LogP contribution in [0.1, 0.15) is 37.3 Å². The molecule has 3 rings (SSSR count). The van der Waals surface area contributed by atoms with Crippen LogP contribution in [0.2, 0.25) is 0 Å². The van der Waals surface area contributed by atoms with Crippen molar-refractivity contribution in [2.24, 2.45) is 5.92 Å². The molecule has 6 heteroatoms. The summed E-state index contributed by atoms with van der Waals surface area (Å²) in [5, 5.41) is 12.2. The number of aliphatic carboxylic acids is 1. The van der Waals surface area contributed by atoms with Crippen molar-refractivity contribution in [3.05, 3.63) is 59.7 Å². The van der Waals surface area contributed by atoms with E-state index in [0.29, 0.717) is 0 Å². The Balaban J connectivity index is 1.85. The van der Waals surface area contributed by atoms with E-state index in [9.17, 15) is 19.5 Å². The van der Waals surface area contributed by atoms with E-state index in [1.165, 1.54) is 0 Å². The summed E-state index contributed by atoms with van der Waals surface area (Å²) in [6, 6.07) is 14.1. The fourth-order valence-electron chi connectivity index (χ4n) is 3.72. The van der Waals surface area contributed by atoms with Crippen molar-refractivity contribution in [2.45, 2.75) is 32.2 Å². The van der Waals surface area contributed by atoms with Crippen LogP contribution in [-0.2, 0) is 19.1 Å². The number of rotatable bonds is 7. The quantitative estimate of drug-likeness (QED) is 0.720. The second kappa shape index (κ2) is 8.25. The lowest BCUT2D eigenvalue weighted by Crippen LogP contribution is -2.47. The summed E-state index contributed by atoms with van der Waals surface area (Å²) in [5.74, 6) is -3.23. The molecule has 0 bridgehead atoms. The lowest BCUT2D eigenvalue weighted by Gasteiger charge is -2.23. The molecule has 2 N–H and O–H groups in total. The van der Waals surface area contributed by atoms with Crippen LogP contribution in [0.3, 0.4) is 0 Å². The average molecular weight is 381 g/mol. The molecule has 0 saturated carbocycles. The molecule has 0 fully saturated rings. The maximum atomic E-state index is 13.1. The Morgan fingerprint density at radius 1 is 1.04 bits per heavy atom. The van der Waals surface area contributed by atoms with Gasteiger partial charge in [0.05, 0.1) is 18.9 Å². The van der Waals surface area contributed by atoms with Gasteiger partial charge in [0.15, 0.2) is 0 Å². The highest BCUT2D eigenvalue weighted by Gasteiger charge is 2.36. The molecule has 0 aliphatic heterocycles. The van der Waals surface area contributed by atoms with Gasteiger partial charge < -0.3 is 15.2 Å². The molecular formula is C22H23NO5. The SMILES string of the molecule is CCOC(=O)C[C@@H](C)[C@@H](NC(=O)C1c2ccccc2-c2ccccc21)C(=O)O. The Bertz CT molecular complexity index is 862. The van der Waals surface area contributed by atoms with Gasteiger partial charge in [-0.2, -0.15) is 0 Å². The first-order chi connectivity index (χ1) is 13.4. The van der Waals surface area contributed by atoms with Gasteiger partial charge in [0.25, 0.3) is 0 Å². The van der Waals surface area contributed by atoms with Gasteiger partial charge in [0, 0.05) is 0 Å². The highest BCUT2D eigenvalue weighted by molar-refractivity contribution is 5.97. The van der Waals surface area contributed by atoms with Gasteiger partial charge >= 0.3 is 11.9 Å². The van der Waals surface area contributed by atoms with Crippen LogP contribution in [0.25, 0.3) is 11.1 Å². The number of nitrogens with one attached hydrogen (secondary N) is 1. The smallest absolute Gasteiger partial charge is 0.326 e. The van der Waals surface area contributed by atoms with E-state index in [2.05, 4.69) is 5.32 Å². The first-order valence-corrected chi connectivity index (χ1v) is 9.31. The van der Waals surface area contributed by atoms with Crippen molar-refractivity contribution in [1.82, 2.24) is 5.32 Å². The molecule has 0 spiro atoms. The monoisotopic (exact) mass is 381 g/mol. The maximum Gasteiger partial charge on any atom is 0.326 e. The van der Waals surface area contributed by atoms with Crippen LogP contribution >= 0.6 is 0 Å². The first kappa shape index (κ1) is 19.6. The molecule has 0 saturated heterocycles. The summed E-state index contributed by atoms with van der Waals surface area (Å²) < 4.78 is 4.90. The Morgan fingerprint density at radius 3 is 2.07 bits per heavy atom. The predicted molar refractivity (Wildman–Crippen MR) is 104 cm³/mol. The van der Waals surface area contributed by atoms with Crippen LogP contribution in [0, 0.1) is 5.92 Å².